The lowest BCUT2D eigenvalue weighted by Gasteiger charge is -2.15. The van der Waals surface area contributed by atoms with E-state index in [2.05, 4.69) is 112 Å². The third-order valence-electron chi connectivity index (χ3n) is 6.25. The molecule has 0 bridgehead atoms. The van der Waals surface area contributed by atoms with Gasteiger partial charge in [-0.2, -0.15) is 9.61 Å². The third kappa shape index (κ3) is 5.89. The van der Waals surface area contributed by atoms with Crippen molar-refractivity contribution in [2.75, 3.05) is 16.0 Å². The minimum Gasteiger partial charge on any atom is -0.366 e. The van der Waals surface area contributed by atoms with Crippen molar-refractivity contribution in [2.45, 2.75) is 33.2 Å². The Balaban J connectivity index is 1.35. The van der Waals surface area contributed by atoms with Crippen molar-refractivity contribution in [1.29, 1.82) is 0 Å². The number of hydrogen-bond acceptors (Lipinski definition) is 5. The van der Waals surface area contributed by atoms with E-state index < -0.39 is 0 Å². The van der Waals surface area contributed by atoms with Crippen LogP contribution >= 0.6 is 15.9 Å². The van der Waals surface area contributed by atoms with Crippen LogP contribution in [0.25, 0.3) is 16.9 Å². The van der Waals surface area contributed by atoms with Gasteiger partial charge in [0.2, 0.25) is 0 Å². The van der Waals surface area contributed by atoms with Crippen LogP contribution in [0.2, 0.25) is 0 Å². The minimum absolute atomic E-state index is 0.625. The maximum absolute atomic E-state index is 4.94. The lowest BCUT2D eigenvalue weighted by molar-refractivity contribution is 0.916. The van der Waals surface area contributed by atoms with E-state index in [0.717, 1.165) is 57.0 Å². The summed E-state index contributed by atoms with van der Waals surface area (Å²) in [5.41, 5.74) is 8.45. The molecule has 3 N–H and O–H groups in total. The summed E-state index contributed by atoms with van der Waals surface area (Å²) in [6, 6.07) is 27.1. The van der Waals surface area contributed by atoms with Crippen molar-refractivity contribution in [3.8, 4) is 11.3 Å². The number of rotatable bonds is 10. The number of aryl methyl sites for hydroxylation is 2. The summed E-state index contributed by atoms with van der Waals surface area (Å²) in [6.07, 6.45) is 3.88. The maximum Gasteiger partial charge on any atom is 0.172 e. The molecular weight excluding hydrogens is 536 g/mol. The average Bonchev–Trinajstić information content (AvgIpc) is 3.28. The van der Waals surface area contributed by atoms with Crippen LogP contribution < -0.4 is 16.0 Å². The molecule has 2 aromatic heterocycles. The van der Waals surface area contributed by atoms with Gasteiger partial charge in [0.25, 0.3) is 0 Å². The van der Waals surface area contributed by atoms with Crippen LogP contribution in [0.4, 0.5) is 17.2 Å². The Hall–Kier alpha value is -4.10. The maximum atomic E-state index is 4.94. The van der Waals surface area contributed by atoms with Crippen LogP contribution in [0, 0.1) is 6.92 Å². The van der Waals surface area contributed by atoms with Crippen LogP contribution in [-0.4, -0.2) is 14.6 Å². The number of hydrogen-bond donors (Lipinski definition) is 3. The molecule has 6 nitrogen and oxygen atoms in total. The largest absolute Gasteiger partial charge is 0.366 e. The second-order valence-electron chi connectivity index (χ2n) is 9.31. The first-order valence-electron chi connectivity index (χ1n) is 12.7. The molecule has 3 aromatic carbocycles. The van der Waals surface area contributed by atoms with Gasteiger partial charge in [-0.1, -0.05) is 68.5 Å². The highest BCUT2D eigenvalue weighted by molar-refractivity contribution is 9.10. The van der Waals surface area contributed by atoms with Crippen molar-refractivity contribution in [2.24, 2.45) is 0 Å². The monoisotopic (exact) mass is 566 g/mol. The van der Waals surface area contributed by atoms with Crippen molar-refractivity contribution in [1.82, 2.24) is 14.6 Å². The van der Waals surface area contributed by atoms with Gasteiger partial charge >= 0.3 is 0 Å². The number of nitrogens with one attached hydrogen (secondary N) is 3. The molecule has 0 saturated heterocycles. The van der Waals surface area contributed by atoms with E-state index in [0.29, 0.717) is 12.4 Å². The Bertz CT molecular complexity index is 1590. The number of nitrogens with zero attached hydrogens (tertiary/aromatic N) is 3. The zero-order chi connectivity index (χ0) is 26.5. The summed E-state index contributed by atoms with van der Waals surface area (Å²) in [5.74, 6) is 1.60. The van der Waals surface area contributed by atoms with E-state index in [1.165, 1.54) is 11.1 Å². The van der Waals surface area contributed by atoms with E-state index in [4.69, 9.17) is 4.98 Å². The summed E-state index contributed by atoms with van der Waals surface area (Å²) in [5, 5.41) is 14.8. The van der Waals surface area contributed by atoms with Gasteiger partial charge in [0, 0.05) is 29.5 Å². The fraction of sp³-hybridized carbons (Fsp3) is 0.161. The van der Waals surface area contributed by atoms with E-state index in [9.17, 15) is 0 Å². The minimum atomic E-state index is 0.625. The van der Waals surface area contributed by atoms with Gasteiger partial charge in [0.05, 0.1) is 16.4 Å². The van der Waals surface area contributed by atoms with Crippen LogP contribution in [-0.2, 0) is 13.0 Å². The molecule has 0 spiro atoms. The Morgan fingerprint density at radius 3 is 2.50 bits per heavy atom. The van der Waals surface area contributed by atoms with Gasteiger partial charge < -0.3 is 16.0 Å². The normalized spacial score (nSPS) is 10.9. The first-order chi connectivity index (χ1) is 18.5. The predicted molar refractivity (Wildman–Crippen MR) is 161 cm³/mol. The topological polar surface area (TPSA) is 66.3 Å². The molecule has 0 aliphatic rings. The Morgan fingerprint density at radius 1 is 0.947 bits per heavy atom. The molecule has 0 fully saturated rings. The Labute approximate surface area is 232 Å². The molecule has 5 rings (SSSR count). The molecule has 0 unspecified atom stereocenters. The molecule has 7 heteroatoms. The molecular formula is C31H31BrN6. The fourth-order valence-electron chi connectivity index (χ4n) is 4.51. The van der Waals surface area contributed by atoms with Gasteiger partial charge in [-0.15, -0.1) is 0 Å². The summed E-state index contributed by atoms with van der Waals surface area (Å²) >= 11 is 3.62. The zero-order valence-electron chi connectivity index (χ0n) is 21.6. The van der Waals surface area contributed by atoms with E-state index >= 15 is 0 Å². The molecule has 0 saturated carbocycles. The summed E-state index contributed by atoms with van der Waals surface area (Å²) in [6.45, 7) is 9.03. The van der Waals surface area contributed by atoms with Gasteiger partial charge in [0.1, 0.15) is 11.6 Å². The standard InChI is InChI=1S/C31H31BrN6/c1-4-9-24-12-5-6-15-27(24)29-18-30(38-31(37-29)28(32)20-34-38)33-19-23-11-8-14-26(17-23)36-22(3)35-25-13-7-10-21(2)16-25/h5-8,10-18,20,33,35-36H,3-4,9,19H2,1-2H3. The van der Waals surface area contributed by atoms with Gasteiger partial charge in [0.15, 0.2) is 5.65 Å². The van der Waals surface area contributed by atoms with Crippen molar-refractivity contribution in [3.63, 3.8) is 0 Å². The lowest BCUT2D eigenvalue weighted by atomic mass is 10.0. The SMILES string of the molecule is C=C(Nc1cccc(C)c1)Nc1cccc(CNc2cc(-c3ccccc3CCC)nc3c(Br)cnn23)c1. The first kappa shape index (κ1) is 25.5. The summed E-state index contributed by atoms with van der Waals surface area (Å²) < 4.78 is 2.70. The van der Waals surface area contributed by atoms with Crippen LogP contribution in [0.5, 0.6) is 0 Å². The Morgan fingerprint density at radius 2 is 1.71 bits per heavy atom. The average molecular weight is 568 g/mol. The van der Waals surface area contributed by atoms with Crippen LogP contribution in [0.3, 0.4) is 0 Å². The fourth-order valence-corrected chi connectivity index (χ4v) is 4.86. The van der Waals surface area contributed by atoms with Gasteiger partial charge in [-0.3, -0.25) is 0 Å². The highest BCUT2D eigenvalue weighted by atomic mass is 79.9. The second kappa shape index (κ2) is 11.5. The first-order valence-corrected chi connectivity index (χ1v) is 13.5. The van der Waals surface area contributed by atoms with Gasteiger partial charge in [-0.05, 0) is 70.2 Å². The molecule has 2 heterocycles. The molecule has 38 heavy (non-hydrogen) atoms. The highest BCUT2D eigenvalue weighted by Crippen LogP contribution is 2.29. The van der Waals surface area contributed by atoms with Gasteiger partial charge in [-0.25, -0.2) is 4.98 Å². The molecule has 192 valence electrons. The van der Waals surface area contributed by atoms with Crippen LogP contribution in [0.15, 0.2) is 102 Å². The summed E-state index contributed by atoms with van der Waals surface area (Å²) in [7, 11) is 0. The Kier molecular flexibility index (Phi) is 7.75. The second-order valence-corrected chi connectivity index (χ2v) is 10.2. The molecule has 5 aromatic rings. The number of benzene rings is 3. The van der Waals surface area contributed by atoms with Crippen LogP contribution in [0.1, 0.15) is 30.0 Å². The lowest BCUT2D eigenvalue weighted by Crippen LogP contribution is -2.09. The number of halogens is 1. The molecule has 0 aliphatic heterocycles. The smallest absolute Gasteiger partial charge is 0.172 e. The van der Waals surface area contributed by atoms with Crippen molar-refractivity contribution < 1.29 is 0 Å². The number of anilines is 3. The quantitative estimate of drug-likeness (QED) is 0.160. The third-order valence-corrected chi connectivity index (χ3v) is 6.81. The molecule has 0 aliphatic carbocycles. The molecule has 0 radical (unpaired) electrons. The molecule has 0 atom stereocenters. The zero-order valence-corrected chi connectivity index (χ0v) is 23.2. The molecule has 0 amide bonds. The van der Waals surface area contributed by atoms with Crippen molar-refractivity contribution in [3.05, 3.63) is 119 Å². The predicted octanol–water partition coefficient (Wildman–Crippen LogP) is 8.03. The number of aromatic nitrogens is 3. The van der Waals surface area contributed by atoms with E-state index in [-0.39, 0.29) is 0 Å². The highest BCUT2D eigenvalue weighted by Gasteiger charge is 2.13. The van der Waals surface area contributed by atoms with E-state index in [1.54, 1.807) is 6.20 Å². The van der Waals surface area contributed by atoms with Crippen molar-refractivity contribution >= 4 is 38.8 Å². The summed E-state index contributed by atoms with van der Waals surface area (Å²) in [4.78, 5) is 4.94. The van der Waals surface area contributed by atoms with E-state index in [1.807, 2.05) is 28.8 Å². The number of fused-ring (bicyclic) bond motifs is 1.